The number of hydrogen-bond acceptors (Lipinski definition) is 4. The molecule has 0 aliphatic rings. The van der Waals surface area contributed by atoms with Crippen LogP contribution in [-0.2, 0) is 0 Å². The Bertz CT molecular complexity index is 1080. The molecule has 0 saturated heterocycles. The van der Waals surface area contributed by atoms with Gasteiger partial charge in [-0.2, -0.15) is 0 Å². The van der Waals surface area contributed by atoms with Crippen LogP contribution >= 0.6 is 23.2 Å². The van der Waals surface area contributed by atoms with E-state index in [2.05, 4.69) is 15.6 Å². The van der Waals surface area contributed by atoms with E-state index in [1.54, 1.807) is 66.7 Å². The molecule has 5 N–H and O–H groups in total. The van der Waals surface area contributed by atoms with E-state index in [0.29, 0.717) is 44.9 Å². The van der Waals surface area contributed by atoms with Crippen LogP contribution < -0.4 is 16.4 Å². The molecule has 0 aliphatic carbocycles. The van der Waals surface area contributed by atoms with Gasteiger partial charge in [-0.05, 0) is 61.5 Å². The molecular formula is C23H22Cl2N4O2. The van der Waals surface area contributed by atoms with E-state index in [4.69, 9.17) is 28.9 Å². The number of hydrogen-bond donors (Lipinski definition) is 4. The van der Waals surface area contributed by atoms with Crippen LogP contribution in [0, 0.1) is 0 Å². The number of amides is 1. The van der Waals surface area contributed by atoms with Gasteiger partial charge < -0.3 is 21.5 Å². The molecule has 3 rings (SSSR count). The van der Waals surface area contributed by atoms with Gasteiger partial charge in [0.15, 0.2) is 6.23 Å². The number of amidine groups is 1. The van der Waals surface area contributed by atoms with E-state index in [1.807, 2.05) is 6.92 Å². The molecule has 0 heterocycles. The molecule has 3 aromatic carbocycles. The van der Waals surface area contributed by atoms with Gasteiger partial charge in [-0.25, -0.2) is 0 Å². The summed E-state index contributed by atoms with van der Waals surface area (Å²) in [5.41, 5.74) is 8.59. The largest absolute Gasteiger partial charge is 0.384 e. The molecule has 8 heteroatoms. The average Bonchev–Trinajstić information content (AvgIpc) is 2.76. The van der Waals surface area contributed by atoms with E-state index in [9.17, 15) is 9.90 Å². The van der Waals surface area contributed by atoms with E-state index in [-0.39, 0.29) is 5.91 Å². The first-order valence-electron chi connectivity index (χ1n) is 9.58. The molecule has 0 radical (unpaired) electrons. The fourth-order valence-electron chi connectivity index (χ4n) is 2.90. The Morgan fingerprint density at radius 2 is 1.61 bits per heavy atom. The third kappa shape index (κ3) is 5.98. The van der Waals surface area contributed by atoms with Crippen molar-refractivity contribution >= 4 is 46.3 Å². The van der Waals surface area contributed by atoms with Crippen LogP contribution in [0.4, 0.5) is 11.4 Å². The van der Waals surface area contributed by atoms with Crippen LogP contribution in [0.5, 0.6) is 0 Å². The van der Waals surface area contributed by atoms with Crippen molar-refractivity contribution in [2.24, 2.45) is 10.7 Å². The summed E-state index contributed by atoms with van der Waals surface area (Å²) in [6.07, 6.45) is -1.11. The van der Waals surface area contributed by atoms with Crippen LogP contribution in [0.25, 0.3) is 0 Å². The van der Waals surface area contributed by atoms with E-state index in [1.165, 1.54) is 0 Å². The lowest BCUT2D eigenvalue weighted by Gasteiger charge is -2.19. The van der Waals surface area contributed by atoms with Crippen LogP contribution in [0.3, 0.4) is 0 Å². The minimum Gasteiger partial charge on any atom is -0.384 e. The Kier molecular flexibility index (Phi) is 7.52. The maximum absolute atomic E-state index is 12.8. The lowest BCUT2D eigenvalue weighted by molar-refractivity contribution is 0.102. The molecule has 1 amide bonds. The number of anilines is 2. The normalized spacial score (nSPS) is 12.3. The molecule has 0 saturated carbocycles. The van der Waals surface area contributed by atoms with Crippen molar-refractivity contribution in [2.45, 2.75) is 13.2 Å². The zero-order valence-corrected chi connectivity index (χ0v) is 18.3. The van der Waals surface area contributed by atoms with Gasteiger partial charge in [-0.1, -0.05) is 35.3 Å². The summed E-state index contributed by atoms with van der Waals surface area (Å²) in [5, 5.41) is 17.5. The highest BCUT2D eigenvalue weighted by Crippen LogP contribution is 2.28. The Morgan fingerprint density at radius 1 is 1.00 bits per heavy atom. The maximum atomic E-state index is 12.8. The number of carbonyl (C=O) groups excluding carboxylic acids is 1. The second-order valence-electron chi connectivity index (χ2n) is 6.68. The number of benzene rings is 3. The standard InChI is InChI=1S/C23H22Cl2N4O2/c1-2-27-21(26)14-3-5-15(6-4-14)22(30)29-20-12-9-17(25)13-19(20)23(31)28-18-10-7-16(24)8-11-18/h3-13,23,28,31H,2H2,1H3,(H2,26,27)(H,29,30). The summed E-state index contributed by atoms with van der Waals surface area (Å²) in [4.78, 5) is 16.9. The number of nitrogens with zero attached hydrogens (tertiary/aromatic N) is 1. The number of nitrogens with one attached hydrogen (secondary N) is 2. The molecule has 160 valence electrons. The maximum Gasteiger partial charge on any atom is 0.255 e. The van der Waals surface area contributed by atoms with E-state index in [0.717, 1.165) is 5.56 Å². The van der Waals surface area contributed by atoms with Crippen molar-refractivity contribution in [3.63, 3.8) is 0 Å². The molecule has 3 aromatic rings. The minimum absolute atomic E-state index is 0.334. The van der Waals surface area contributed by atoms with Gasteiger partial charge in [0, 0.05) is 44.7 Å². The quantitative estimate of drug-likeness (QED) is 0.226. The second-order valence-corrected chi connectivity index (χ2v) is 7.55. The summed E-state index contributed by atoms with van der Waals surface area (Å²) >= 11 is 12.0. The predicted octanol–water partition coefficient (Wildman–Crippen LogP) is 5.07. The number of rotatable bonds is 7. The fraction of sp³-hybridized carbons (Fsp3) is 0.130. The van der Waals surface area contributed by atoms with Gasteiger partial charge in [0.1, 0.15) is 5.84 Å². The van der Waals surface area contributed by atoms with Gasteiger partial charge in [0.25, 0.3) is 5.91 Å². The van der Waals surface area contributed by atoms with Crippen molar-refractivity contribution < 1.29 is 9.90 Å². The Morgan fingerprint density at radius 3 is 2.26 bits per heavy atom. The molecule has 0 aliphatic heterocycles. The van der Waals surface area contributed by atoms with Crippen molar-refractivity contribution in [3.8, 4) is 0 Å². The fourth-order valence-corrected chi connectivity index (χ4v) is 3.21. The zero-order valence-electron chi connectivity index (χ0n) is 16.8. The molecule has 31 heavy (non-hydrogen) atoms. The summed E-state index contributed by atoms with van der Waals surface area (Å²) < 4.78 is 0. The zero-order chi connectivity index (χ0) is 22.4. The van der Waals surface area contributed by atoms with Gasteiger partial charge in [0.2, 0.25) is 0 Å². The number of carbonyl (C=O) groups is 1. The van der Waals surface area contributed by atoms with Gasteiger partial charge in [-0.15, -0.1) is 0 Å². The summed E-state index contributed by atoms with van der Waals surface area (Å²) in [6.45, 7) is 2.48. The minimum atomic E-state index is -1.11. The van der Waals surface area contributed by atoms with Crippen molar-refractivity contribution in [1.82, 2.24) is 0 Å². The highest BCUT2D eigenvalue weighted by molar-refractivity contribution is 6.31. The molecule has 6 nitrogen and oxygen atoms in total. The van der Waals surface area contributed by atoms with Gasteiger partial charge in [0.05, 0.1) is 0 Å². The third-order valence-corrected chi connectivity index (χ3v) is 4.96. The average molecular weight is 457 g/mol. The molecule has 0 spiro atoms. The molecule has 0 aromatic heterocycles. The molecule has 0 bridgehead atoms. The lowest BCUT2D eigenvalue weighted by atomic mass is 10.1. The number of aliphatic hydroxyl groups is 1. The second kappa shape index (κ2) is 10.3. The molecule has 0 fully saturated rings. The van der Waals surface area contributed by atoms with E-state index < -0.39 is 6.23 Å². The van der Waals surface area contributed by atoms with Crippen LogP contribution in [0.1, 0.15) is 34.6 Å². The van der Waals surface area contributed by atoms with Crippen molar-refractivity contribution in [1.29, 1.82) is 0 Å². The Labute approximate surface area is 190 Å². The first kappa shape index (κ1) is 22.6. The monoisotopic (exact) mass is 456 g/mol. The summed E-state index contributed by atoms with van der Waals surface area (Å²) in [5.74, 6) is 0.0886. The molecule has 1 atom stereocenters. The van der Waals surface area contributed by atoms with Gasteiger partial charge >= 0.3 is 0 Å². The van der Waals surface area contributed by atoms with Crippen molar-refractivity contribution in [2.75, 3.05) is 17.2 Å². The number of aliphatic hydroxyl groups excluding tert-OH is 1. The molecule has 1 unspecified atom stereocenters. The Balaban J connectivity index is 1.79. The highest BCUT2D eigenvalue weighted by Gasteiger charge is 2.16. The SMILES string of the molecule is CCN=C(N)c1ccc(C(=O)Nc2ccc(Cl)cc2C(O)Nc2ccc(Cl)cc2)cc1. The lowest BCUT2D eigenvalue weighted by Crippen LogP contribution is -2.18. The van der Waals surface area contributed by atoms with Crippen molar-refractivity contribution in [3.05, 3.63) is 93.5 Å². The van der Waals surface area contributed by atoms with E-state index >= 15 is 0 Å². The van der Waals surface area contributed by atoms with Crippen LogP contribution in [0.15, 0.2) is 71.7 Å². The highest BCUT2D eigenvalue weighted by atomic mass is 35.5. The van der Waals surface area contributed by atoms with Crippen LogP contribution in [0.2, 0.25) is 10.0 Å². The summed E-state index contributed by atoms with van der Waals surface area (Å²) in [6, 6.07) is 18.6. The van der Waals surface area contributed by atoms with Crippen LogP contribution in [-0.4, -0.2) is 23.4 Å². The topological polar surface area (TPSA) is 99.7 Å². The summed E-state index contributed by atoms with van der Waals surface area (Å²) in [7, 11) is 0. The smallest absolute Gasteiger partial charge is 0.255 e. The first-order valence-corrected chi connectivity index (χ1v) is 10.3. The number of aliphatic imine (C=N–C) groups is 1. The third-order valence-electron chi connectivity index (χ3n) is 4.48. The number of halogens is 2. The number of nitrogens with two attached hydrogens (primary N) is 1. The Hall–Kier alpha value is -3.06. The predicted molar refractivity (Wildman–Crippen MR) is 127 cm³/mol. The molecular weight excluding hydrogens is 435 g/mol. The van der Waals surface area contributed by atoms with Gasteiger partial charge in [-0.3, -0.25) is 9.79 Å². The first-order chi connectivity index (χ1) is 14.9.